The third-order valence-electron chi connectivity index (χ3n) is 3.85. The molecular formula is C17H18Cl2N4O4S. The van der Waals surface area contributed by atoms with Gasteiger partial charge in [0, 0.05) is 35.8 Å². The second kappa shape index (κ2) is 9.33. The first-order valence-corrected chi connectivity index (χ1v) is 10.4. The first-order chi connectivity index (χ1) is 13.2. The van der Waals surface area contributed by atoms with Crippen LogP contribution in [0.2, 0.25) is 10.0 Å². The number of hydrazone groups is 1. The summed E-state index contributed by atoms with van der Waals surface area (Å²) in [5, 5.41) is 15.9. The number of non-ortho nitro benzene ring substituents is 1. The lowest BCUT2D eigenvalue weighted by atomic mass is 10.2. The largest absolute Gasteiger partial charge is 0.277 e. The van der Waals surface area contributed by atoms with E-state index in [1.165, 1.54) is 22.7 Å². The van der Waals surface area contributed by atoms with Crippen molar-refractivity contribution in [2.75, 3.05) is 18.5 Å². The van der Waals surface area contributed by atoms with Gasteiger partial charge in [0.25, 0.3) is 5.69 Å². The number of halogens is 2. The summed E-state index contributed by atoms with van der Waals surface area (Å²) in [4.78, 5) is 10.2. The Kier molecular flexibility index (Phi) is 7.36. The second-order valence-corrected chi connectivity index (χ2v) is 8.31. The van der Waals surface area contributed by atoms with Crippen molar-refractivity contribution in [3.8, 4) is 0 Å². The zero-order chi connectivity index (χ0) is 20.9. The molecule has 150 valence electrons. The lowest BCUT2D eigenvalue weighted by molar-refractivity contribution is -0.385. The first-order valence-electron chi connectivity index (χ1n) is 8.23. The van der Waals surface area contributed by atoms with Gasteiger partial charge in [-0.2, -0.15) is 9.41 Å². The van der Waals surface area contributed by atoms with Crippen molar-refractivity contribution in [2.45, 2.75) is 18.7 Å². The highest BCUT2D eigenvalue weighted by Crippen LogP contribution is 2.29. The van der Waals surface area contributed by atoms with Crippen LogP contribution in [0.15, 0.2) is 46.4 Å². The highest BCUT2D eigenvalue weighted by Gasteiger charge is 2.27. The molecule has 0 atom stereocenters. The summed E-state index contributed by atoms with van der Waals surface area (Å²) < 4.78 is 27.0. The number of nitro benzene ring substituents is 1. The molecule has 0 saturated carbocycles. The van der Waals surface area contributed by atoms with Gasteiger partial charge >= 0.3 is 0 Å². The zero-order valence-corrected chi connectivity index (χ0v) is 17.4. The van der Waals surface area contributed by atoms with E-state index in [2.05, 4.69) is 10.5 Å². The number of hydrogen-bond donors (Lipinski definition) is 1. The van der Waals surface area contributed by atoms with Gasteiger partial charge in [0.05, 0.1) is 21.8 Å². The summed E-state index contributed by atoms with van der Waals surface area (Å²) in [5.74, 6) is 0. The smallest absolute Gasteiger partial charge is 0.270 e. The minimum Gasteiger partial charge on any atom is -0.277 e. The Morgan fingerprint density at radius 3 is 2.43 bits per heavy atom. The number of hydrogen-bond acceptors (Lipinski definition) is 6. The Morgan fingerprint density at radius 1 is 1.18 bits per heavy atom. The molecule has 0 saturated heterocycles. The van der Waals surface area contributed by atoms with Crippen LogP contribution in [0.3, 0.4) is 0 Å². The molecule has 0 heterocycles. The van der Waals surface area contributed by atoms with E-state index in [-0.39, 0.29) is 29.4 Å². The number of nitrogens with one attached hydrogen (secondary N) is 1. The van der Waals surface area contributed by atoms with E-state index in [0.717, 1.165) is 6.07 Å². The molecule has 28 heavy (non-hydrogen) atoms. The standard InChI is InChI=1S/C17H18Cl2N4O4S/c1-3-22(4-2)28(26,27)17-10-14(23(24)25)7-8-16(17)21-20-11-12-5-6-13(18)9-15(12)19/h5-11,21H,3-4H2,1-2H3/b20-11-. The van der Waals surface area contributed by atoms with Gasteiger partial charge in [0.1, 0.15) is 4.90 Å². The molecule has 2 aromatic rings. The minimum atomic E-state index is -3.95. The molecule has 0 radical (unpaired) electrons. The summed E-state index contributed by atoms with van der Waals surface area (Å²) >= 11 is 11.9. The number of anilines is 1. The molecular weight excluding hydrogens is 427 g/mol. The van der Waals surface area contributed by atoms with E-state index >= 15 is 0 Å². The molecule has 8 nitrogen and oxygen atoms in total. The van der Waals surface area contributed by atoms with Crippen molar-refractivity contribution in [1.29, 1.82) is 0 Å². The van der Waals surface area contributed by atoms with Gasteiger partial charge in [-0.1, -0.05) is 43.1 Å². The Morgan fingerprint density at radius 2 is 1.86 bits per heavy atom. The zero-order valence-electron chi connectivity index (χ0n) is 15.1. The molecule has 0 unspecified atom stereocenters. The van der Waals surface area contributed by atoms with Crippen molar-refractivity contribution in [1.82, 2.24) is 4.31 Å². The highest BCUT2D eigenvalue weighted by molar-refractivity contribution is 7.89. The van der Waals surface area contributed by atoms with Crippen LogP contribution in [-0.2, 0) is 10.0 Å². The van der Waals surface area contributed by atoms with Gasteiger partial charge < -0.3 is 0 Å². The molecule has 2 aromatic carbocycles. The fourth-order valence-electron chi connectivity index (χ4n) is 2.41. The average molecular weight is 445 g/mol. The lowest BCUT2D eigenvalue weighted by Gasteiger charge is -2.20. The first kappa shape index (κ1) is 22.1. The van der Waals surface area contributed by atoms with Crippen LogP contribution in [0.25, 0.3) is 0 Å². The van der Waals surface area contributed by atoms with Crippen molar-refractivity contribution < 1.29 is 13.3 Å². The van der Waals surface area contributed by atoms with Gasteiger partial charge in [-0.15, -0.1) is 0 Å². The lowest BCUT2D eigenvalue weighted by Crippen LogP contribution is -2.31. The summed E-state index contributed by atoms with van der Waals surface area (Å²) in [7, 11) is -3.95. The van der Waals surface area contributed by atoms with Gasteiger partial charge in [0.2, 0.25) is 10.0 Å². The molecule has 0 spiro atoms. The maximum Gasteiger partial charge on any atom is 0.270 e. The summed E-state index contributed by atoms with van der Waals surface area (Å²) in [6.07, 6.45) is 1.40. The maximum absolute atomic E-state index is 12.9. The number of sulfonamides is 1. The summed E-state index contributed by atoms with van der Waals surface area (Å²) in [6.45, 7) is 3.83. The molecule has 0 aliphatic rings. The van der Waals surface area contributed by atoms with Crippen LogP contribution in [0, 0.1) is 10.1 Å². The summed E-state index contributed by atoms with van der Waals surface area (Å²) in [5.41, 5.74) is 2.97. The van der Waals surface area contributed by atoms with Crippen LogP contribution in [0.4, 0.5) is 11.4 Å². The van der Waals surface area contributed by atoms with Gasteiger partial charge in [-0.3, -0.25) is 15.5 Å². The van der Waals surface area contributed by atoms with E-state index in [4.69, 9.17) is 23.2 Å². The molecule has 0 aliphatic carbocycles. The van der Waals surface area contributed by atoms with Crippen LogP contribution >= 0.6 is 23.2 Å². The van der Waals surface area contributed by atoms with E-state index in [1.54, 1.807) is 32.0 Å². The molecule has 1 N–H and O–H groups in total. The third kappa shape index (κ3) is 4.99. The van der Waals surface area contributed by atoms with E-state index < -0.39 is 14.9 Å². The fraction of sp³-hybridized carbons (Fsp3) is 0.235. The quantitative estimate of drug-likeness (QED) is 0.369. The fourth-order valence-corrected chi connectivity index (χ4v) is 4.49. The van der Waals surface area contributed by atoms with Gasteiger partial charge in [-0.05, 0) is 18.2 Å². The molecule has 11 heteroatoms. The monoisotopic (exact) mass is 444 g/mol. The normalized spacial score (nSPS) is 11.9. The molecule has 0 fully saturated rings. The third-order valence-corrected chi connectivity index (χ3v) is 6.50. The predicted octanol–water partition coefficient (Wildman–Crippen LogP) is 4.38. The summed E-state index contributed by atoms with van der Waals surface area (Å²) in [6, 6.07) is 8.35. The topological polar surface area (TPSA) is 105 Å². The van der Waals surface area contributed by atoms with Crippen LogP contribution < -0.4 is 5.43 Å². The van der Waals surface area contributed by atoms with Crippen molar-refractivity contribution in [3.05, 3.63) is 62.1 Å². The molecule has 0 aromatic heterocycles. The van der Waals surface area contributed by atoms with Crippen molar-refractivity contribution in [3.63, 3.8) is 0 Å². The molecule has 0 aliphatic heterocycles. The molecule has 0 bridgehead atoms. The van der Waals surface area contributed by atoms with Crippen LogP contribution in [0.1, 0.15) is 19.4 Å². The van der Waals surface area contributed by atoms with E-state index in [0.29, 0.717) is 15.6 Å². The van der Waals surface area contributed by atoms with E-state index in [1.807, 2.05) is 0 Å². The minimum absolute atomic E-state index is 0.110. The Bertz CT molecular complexity index is 1010. The van der Waals surface area contributed by atoms with Crippen molar-refractivity contribution >= 4 is 50.8 Å². The predicted molar refractivity (Wildman–Crippen MR) is 111 cm³/mol. The number of benzene rings is 2. The number of nitrogens with zero attached hydrogens (tertiary/aromatic N) is 3. The Hall–Kier alpha value is -2.20. The SMILES string of the molecule is CCN(CC)S(=O)(=O)c1cc([N+](=O)[O-])ccc1N/N=C\c1ccc(Cl)cc1Cl. The highest BCUT2D eigenvalue weighted by atomic mass is 35.5. The van der Waals surface area contributed by atoms with Gasteiger partial charge in [-0.25, -0.2) is 8.42 Å². The average Bonchev–Trinajstić information content (AvgIpc) is 2.64. The molecule has 0 amide bonds. The second-order valence-electron chi connectivity index (χ2n) is 5.56. The van der Waals surface area contributed by atoms with E-state index in [9.17, 15) is 18.5 Å². The van der Waals surface area contributed by atoms with Gasteiger partial charge in [0.15, 0.2) is 0 Å². The Labute approximate surface area is 173 Å². The molecule has 2 rings (SSSR count). The van der Waals surface area contributed by atoms with Crippen LogP contribution in [0.5, 0.6) is 0 Å². The van der Waals surface area contributed by atoms with Crippen LogP contribution in [-0.4, -0.2) is 37.0 Å². The number of nitro groups is 1. The number of rotatable bonds is 8. The Balaban J connectivity index is 2.43. The van der Waals surface area contributed by atoms with Crippen molar-refractivity contribution in [2.24, 2.45) is 5.10 Å². The maximum atomic E-state index is 12.9.